The van der Waals surface area contributed by atoms with Crippen molar-refractivity contribution in [1.82, 2.24) is 0 Å². The van der Waals surface area contributed by atoms with Crippen molar-refractivity contribution in [2.75, 3.05) is 0 Å². The van der Waals surface area contributed by atoms with E-state index in [4.69, 9.17) is 20.6 Å². The standard InChI is InChI=1S/C23H17ClNO5P/c1-15-5-4-8-21(25(26)27)22(15)20-14-9-16-6-2-3-7-19(16)23(20)30-31(28)29-18-12-10-17(24)11-13-18/h2-14,31H,1H3. The lowest BCUT2D eigenvalue weighted by atomic mass is 9.95. The highest BCUT2D eigenvalue weighted by molar-refractivity contribution is 7.34. The topological polar surface area (TPSA) is 78.7 Å². The minimum atomic E-state index is -3.03. The lowest BCUT2D eigenvalue weighted by Gasteiger charge is -2.16. The van der Waals surface area contributed by atoms with Crippen LogP contribution < -0.4 is 9.05 Å². The van der Waals surface area contributed by atoms with Gasteiger partial charge in [0.2, 0.25) is 0 Å². The van der Waals surface area contributed by atoms with Gasteiger partial charge >= 0.3 is 8.25 Å². The van der Waals surface area contributed by atoms with E-state index < -0.39 is 13.2 Å². The number of nitro benzene ring substituents is 1. The Balaban J connectivity index is 1.83. The second-order valence-electron chi connectivity index (χ2n) is 6.80. The summed E-state index contributed by atoms with van der Waals surface area (Å²) in [6, 6.07) is 22.2. The Morgan fingerprint density at radius 3 is 2.39 bits per heavy atom. The maximum absolute atomic E-state index is 12.8. The van der Waals surface area contributed by atoms with Crippen LogP contribution in [0.15, 0.2) is 78.9 Å². The van der Waals surface area contributed by atoms with Crippen LogP contribution in [0.2, 0.25) is 5.02 Å². The molecule has 1 atom stereocenters. The highest BCUT2D eigenvalue weighted by atomic mass is 35.5. The van der Waals surface area contributed by atoms with Gasteiger partial charge in [0.1, 0.15) is 11.5 Å². The maximum atomic E-state index is 12.8. The third-order valence-electron chi connectivity index (χ3n) is 4.80. The van der Waals surface area contributed by atoms with Gasteiger partial charge < -0.3 is 9.05 Å². The molecule has 4 aromatic rings. The number of rotatable bonds is 6. The lowest BCUT2D eigenvalue weighted by Crippen LogP contribution is -1.97. The Labute approximate surface area is 184 Å². The first-order valence-electron chi connectivity index (χ1n) is 9.35. The quantitative estimate of drug-likeness (QED) is 0.175. The second-order valence-corrected chi connectivity index (χ2v) is 8.14. The monoisotopic (exact) mass is 453 g/mol. The SMILES string of the molecule is Cc1cccc([N+](=O)[O-])c1-c1ccc2ccccc2c1O[PH](=O)Oc1ccc(Cl)cc1. The molecule has 156 valence electrons. The molecule has 0 fully saturated rings. The van der Waals surface area contributed by atoms with Gasteiger partial charge in [-0.3, -0.25) is 10.1 Å². The molecule has 8 heteroatoms. The smallest absolute Gasteiger partial charge is 0.418 e. The molecule has 0 heterocycles. The van der Waals surface area contributed by atoms with Crippen molar-refractivity contribution in [3.05, 3.63) is 99.6 Å². The van der Waals surface area contributed by atoms with E-state index in [1.807, 2.05) is 30.3 Å². The first kappa shape index (κ1) is 20.9. The molecule has 0 bridgehead atoms. The van der Waals surface area contributed by atoms with Gasteiger partial charge in [-0.1, -0.05) is 54.1 Å². The number of nitro groups is 1. The Morgan fingerprint density at radius 1 is 0.903 bits per heavy atom. The fraction of sp³-hybridized carbons (Fsp3) is 0.0435. The number of nitrogens with zero attached hydrogens (tertiary/aromatic N) is 1. The molecule has 4 aromatic carbocycles. The van der Waals surface area contributed by atoms with Gasteiger partial charge in [0.15, 0.2) is 0 Å². The van der Waals surface area contributed by atoms with Gasteiger partial charge in [-0.15, -0.1) is 0 Å². The average Bonchev–Trinajstić information content (AvgIpc) is 2.75. The molecule has 0 aliphatic heterocycles. The largest absolute Gasteiger partial charge is 0.419 e. The number of halogens is 1. The third kappa shape index (κ3) is 4.41. The number of aryl methyl sites for hydroxylation is 1. The molecule has 0 N–H and O–H groups in total. The van der Waals surface area contributed by atoms with Crippen molar-refractivity contribution in [1.29, 1.82) is 0 Å². The Kier molecular flexibility index (Phi) is 5.94. The minimum absolute atomic E-state index is 0.0570. The molecule has 4 rings (SSSR count). The van der Waals surface area contributed by atoms with Crippen molar-refractivity contribution < 1.29 is 18.5 Å². The lowest BCUT2D eigenvalue weighted by molar-refractivity contribution is -0.384. The first-order chi connectivity index (χ1) is 14.9. The van der Waals surface area contributed by atoms with Crippen molar-refractivity contribution in [2.24, 2.45) is 0 Å². The van der Waals surface area contributed by atoms with Gasteiger partial charge in [0.25, 0.3) is 5.69 Å². The van der Waals surface area contributed by atoms with E-state index in [2.05, 4.69) is 0 Å². The molecule has 0 aliphatic rings. The van der Waals surface area contributed by atoms with E-state index in [9.17, 15) is 14.7 Å². The number of benzene rings is 4. The van der Waals surface area contributed by atoms with Crippen molar-refractivity contribution >= 4 is 36.3 Å². The molecule has 6 nitrogen and oxygen atoms in total. The Hall–Kier alpha value is -3.34. The van der Waals surface area contributed by atoms with Crippen LogP contribution in [0.1, 0.15) is 5.56 Å². The molecular weight excluding hydrogens is 437 g/mol. The summed E-state index contributed by atoms with van der Waals surface area (Å²) in [5.41, 5.74) is 1.53. The molecule has 0 radical (unpaired) electrons. The summed E-state index contributed by atoms with van der Waals surface area (Å²) in [5.74, 6) is 0.616. The van der Waals surface area contributed by atoms with Crippen LogP contribution in [0, 0.1) is 17.0 Å². The molecule has 0 spiro atoms. The molecule has 31 heavy (non-hydrogen) atoms. The zero-order valence-electron chi connectivity index (χ0n) is 16.4. The summed E-state index contributed by atoms with van der Waals surface area (Å²) in [5, 5.41) is 13.7. The fourth-order valence-corrected chi connectivity index (χ4v) is 4.29. The summed E-state index contributed by atoms with van der Waals surface area (Å²) < 4.78 is 24.0. The molecular formula is C23H17ClNO5P. The summed E-state index contributed by atoms with van der Waals surface area (Å²) in [6.07, 6.45) is 0. The third-order valence-corrected chi connectivity index (χ3v) is 5.82. The molecule has 0 saturated heterocycles. The Bertz CT molecular complexity index is 1310. The van der Waals surface area contributed by atoms with Crippen LogP contribution in [-0.2, 0) is 4.57 Å². The maximum Gasteiger partial charge on any atom is 0.419 e. The highest BCUT2D eigenvalue weighted by Gasteiger charge is 2.23. The molecule has 0 aromatic heterocycles. The second kappa shape index (κ2) is 8.80. The van der Waals surface area contributed by atoms with E-state index in [0.717, 1.165) is 5.39 Å². The van der Waals surface area contributed by atoms with E-state index in [0.29, 0.717) is 32.8 Å². The average molecular weight is 454 g/mol. The van der Waals surface area contributed by atoms with Gasteiger partial charge in [-0.05, 0) is 48.2 Å². The summed E-state index contributed by atoms with van der Waals surface area (Å²) in [7, 11) is -3.03. The zero-order valence-corrected chi connectivity index (χ0v) is 18.1. The fourth-order valence-electron chi connectivity index (χ4n) is 3.41. The van der Waals surface area contributed by atoms with Crippen LogP contribution in [0.4, 0.5) is 5.69 Å². The number of hydrogen-bond donors (Lipinski definition) is 0. The summed E-state index contributed by atoms with van der Waals surface area (Å²) in [6.45, 7) is 1.79. The van der Waals surface area contributed by atoms with Gasteiger partial charge in [0.05, 0.1) is 10.5 Å². The number of fused-ring (bicyclic) bond motifs is 1. The molecule has 0 aliphatic carbocycles. The minimum Gasteiger partial charge on any atom is -0.418 e. The van der Waals surface area contributed by atoms with Crippen LogP contribution in [0.25, 0.3) is 21.9 Å². The van der Waals surface area contributed by atoms with E-state index in [1.54, 1.807) is 49.4 Å². The normalized spacial score (nSPS) is 11.8. The van der Waals surface area contributed by atoms with E-state index in [1.165, 1.54) is 6.07 Å². The predicted molar refractivity (Wildman–Crippen MR) is 122 cm³/mol. The van der Waals surface area contributed by atoms with Crippen LogP contribution >= 0.6 is 19.9 Å². The summed E-state index contributed by atoms with van der Waals surface area (Å²) >= 11 is 5.88. The molecule has 0 amide bonds. The van der Waals surface area contributed by atoms with Crippen molar-refractivity contribution in [2.45, 2.75) is 6.92 Å². The number of hydrogen-bond acceptors (Lipinski definition) is 5. The van der Waals surface area contributed by atoms with Crippen molar-refractivity contribution in [3.63, 3.8) is 0 Å². The van der Waals surface area contributed by atoms with Crippen LogP contribution in [-0.4, -0.2) is 4.92 Å². The molecule has 0 saturated carbocycles. The zero-order chi connectivity index (χ0) is 22.0. The van der Waals surface area contributed by atoms with E-state index in [-0.39, 0.29) is 11.4 Å². The van der Waals surface area contributed by atoms with E-state index >= 15 is 0 Å². The van der Waals surface area contributed by atoms with Gasteiger partial charge in [-0.2, -0.15) is 0 Å². The van der Waals surface area contributed by atoms with Crippen molar-refractivity contribution in [3.8, 4) is 22.6 Å². The van der Waals surface area contributed by atoms with Crippen LogP contribution in [0.3, 0.4) is 0 Å². The highest BCUT2D eigenvalue weighted by Crippen LogP contribution is 2.45. The molecule has 1 unspecified atom stereocenters. The van der Waals surface area contributed by atoms with Crippen LogP contribution in [0.5, 0.6) is 11.5 Å². The Morgan fingerprint density at radius 2 is 1.65 bits per heavy atom. The van der Waals surface area contributed by atoms with Gasteiger partial charge in [0, 0.05) is 22.0 Å². The predicted octanol–water partition coefficient (Wildman–Crippen LogP) is 7.22. The van der Waals surface area contributed by atoms with Gasteiger partial charge in [-0.25, -0.2) is 4.57 Å². The first-order valence-corrected chi connectivity index (χ1v) is 11.0. The summed E-state index contributed by atoms with van der Waals surface area (Å²) in [4.78, 5) is 11.3.